The van der Waals surface area contributed by atoms with Gasteiger partial charge in [0, 0.05) is 18.4 Å². The summed E-state index contributed by atoms with van der Waals surface area (Å²) in [5.74, 6) is 0.244. The van der Waals surface area contributed by atoms with E-state index in [4.69, 9.17) is 9.47 Å². The Balaban J connectivity index is 1.90. The van der Waals surface area contributed by atoms with Crippen molar-refractivity contribution < 1.29 is 19.4 Å². The molecule has 2 aliphatic rings. The predicted molar refractivity (Wildman–Crippen MR) is 77.7 cm³/mol. The second-order valence-electron chi connectivity index (χ2n) is 5.88. The molecule has 0 radical (unpaired) electrons. The predicted octanol–water partition coefficient (Wildman–Crippen LogP) is 3.38. The van der Waals surface area contributed by atoms with Crippen molar-refractivity contribution in [3.05, 3.63) is 29.3 Å². The molecule has 3 rings (SSSR count). The van der Waals surface area contributed by atoms with Gasteiger partial charge in [0.2, 0.25) is 6.79 Å². The minimum atomic E-state index is -0.915. The van der Waals surface area contributed by atoms with E-state index in [1.165, 1.54) is 38.4 Å². The SMILES string of the molecule is Cc1c(C(=O)O)c(C2=COCO2)cn1CC1CCCCC1. The zero-order valence-corrected chi connectivity index (χ0v) is 12.3. The summed E-state index contributed by atoms with van der Waals surface area (Å²) in [7, 11) is 0. The van der Waals surface area contributed by atoms with Crippen LogP contribution in [0.2, 0.25) is 0 Å². The fourth-order valence-corrected chi connectivity index (χ4v) is 3.33. The zero-order chi connectivity index (χ0) is 14.8. The van der Waals surface area contributed by atoms with E-state index in [0.29, 0.717) is 22.8 Å². The largest absolute Gasteiger partial charge is 0.478 e. The summed E-state index contributed by atoms with van der Waals surface area (Å²) in [5.41, 5.74) is 1.73. The van der Waals surface area contributed by atoms with Crippen molar-refractivity contribution in [2.24, 2.45) is 5.92 Å². The van der Waals surface area contributed by atoms with Crippen LogP contribution in [0, 0.1) is 12.8 Å². The molecule has 1 aromatic rings. The Bertz CT molecular complexity index is 567. The van der Waals surface area contributed by atoms with Gasteiger partial charge in [0.15, 0.2) is 5.76 Å². The number of ether oxygens (including phenoxy) is 2. The van der Waals surface area contributed by atoms with Crippen LogP contribution in [0.3, 0.4) is 0 Å². The van der Waals surface area contributed by atoms with Crippen LogP contribution in [0.1, 0.15) is 53.7 Å². The summed E-state index contributed by atoms with van der Waals surface area (Å²) in [4.78, 5) is 11.6. The highest BCUT2D eigenvalue weighted by Crippen LogP contribution is 2.31. The lowest BCUT2D eigenvalue weighted by Crippen LogP contribution is -2.14. The first-order chi connectivity index (χ1) is 10.2. The summed E-state index contributed by atoms with van der Waals surface area (Å²) in [6.45, 7) is 2.91. The van der Waals surface area contributed by atoms with Crippen molar-refractivity contribution in [2.45, 2.75) is 45.6 Å². The number of hydrogen-bond acceptors (Lipinski definition) is 3. The van der Waals surface area contributed by atoms with E-state index in [2.05, 4.69) is 4.57 Å². The summed E-state index contributed by atoms with van der Waals surface area (Å²) in [6, 6.07) is 0. The second-order valence-corrected chi connectivity index (χ2v) is 5.88. The Labute approximate surface area is 124 Å². The van der Waals surface area contributed by atoms with Gasteiger partial charge in [0.1, 0.15) is 6.26 Å². The third kappa shape index (κ3) is 2.77. The molecule has 0 atom stereocenters. The molecule has 0 saturated heterocycles. The van der Waals surface area contributed by atoms with E-state index in [-0.39, 0.29) is 6.79 Å². The number of rotatable bonds is 4. The molecule has 1 saturated carbocycles. The summed E-state index contributed by atoms with van der Waals surface area (Å²) in [6.07, 6.45) is 9.75. The standard InChI is InChI=1S/C16H21NO4/c1-11-15(16(18)19)13(14-9-20-10-21-14)8-17(11)7-12-5-3-2-4-6-12/h8-9,12H,2-7,10H2,1H3,(H,18,19). The van der Waals surface area contributed by atoms with Gasteiger partial charge >= 0.3 is 5.97 Å². The van der Waals surface area contributed by atoms with Crippen LogP contribution in [0.15, 0.2) is 12.5 Å². The van der Waals surface area contributed by atoms with Gasteiger partial charge in [-0.1, -0.05) is 19.3 Å². The van der Waals surface area contributed by atoms with Crippen molar-refractivity contribution in [3.8, 4) is 0 Å². The van der Waals surface area contributed by atoms with Gasteiger partial charge in [-0.25, -0.2) is 4.79 Å². The Morgan fingerprint density at radius 3 is 2.76 bits per heavy atom. The molecule has 1 fully saturated rings. The molecule has 21 heavy (non-hydrogen) atoms. The molecule has 1 aliphatic heterocycles. The summed E-state index contributed by atoms with van der Waals surface area (Å²) >= 11 is 0. The van der Waals surface area contributed by atoms with E-state index in [0.717, 1.165) is 12.2 Å². The minimum Gasteiger partial charge on any atom is -0.478 e. The number of carbonyl (C=O) groups is 1. The van der Waals surface area contributed by atoms with Crippen LogP contribution in [0.5, 0.6) is 0 Å². The van der Waals surface area contributed by atoms with Gasteiger partial charge in [-0.2, -0.15) is 0 Å². The lowest BCUT2D eigenvalue weighted by Gasteiger charge is -2.22. The molecule has 1 aromatic heterocycles. The number of nitrogens with zero attached hydrogens (tertiary/aromatic N) is 1. The molecule has 1 aliphatic carbocycles. The van der Waals surface area contributed by atoms with Crippen LogP contribution >= 0.6 is 0 Å². The third-order valence-electron chi connectivity index (χ3n) is 4.48. The Morgan fingerprint density at radius 2 is 2.14 bits per heavy atom. The molecule has 0 spiro atoms. The fraction of sp³-hybridized carbons (Fsp3) is 0.562. The quantitative estimate of drug-likeness (QED) is 0.923. The number of carboxylic acids is 1. The highest BCUT2D eigenvalue weighted by Gasteiger charge is 2.25. The highest BCUT2D eigenvalue weighted by molar-refractivity contribution is 5.94. The van der Waals surface area contributed by atoms with Gasteiger partial charge in [-0.05, 0) is 25.7 Å². The highest BCUT2D eigenvalue weighted by atomic mass is 16.7. The zero-order valence-electron chi connectivity index (χ0n) is 12.3. The van der Waals surface area contributed by atoms with Crippen LogP contribution in [-0.4, -0.2) is 22.4 Å². The lowest BCUT2D eigenvalue weighted by atomic mass is 9.89. The van der Waals surface area contributed by atoms with Crippen molar-refractivity contribution in [1.29, 1.82) is 0 Å². The molecule has 2 heterocycles. The van der Waals surface area contributed by atoms with Gasteiger partial charge in [0.05, 0.1) is 11.1 Å². The van der Waals surface area contributed by atoms with E-state index >= 15 is 0 Å². The maximum absolute atomic E-state index is 11.6. The van der Waals surface area contributed by atoms with E-state index in [9.17, 15) is 9.90 Å². The molecule has 0 unspecified atom stereocenters. The average molecular weight is 291 g/mol. The van der Waals surface area contributed by atoms with E-state index in [1.54, 1.807) is 0 Å². The van der Waals surface area contributed by atoms with Gasteiger partial charge in [-0.3, -0.25) is 0 Å². The minimum absolute atomic E-state index is 0.154. The first-order valence-electron chi connectivity index (χ1n) is 7.55. The van der Waals surface area contributed by atoms with E-state index in [1.807, 2.05) is 13.1 Å². The molecule has 0 amide bonds. The van der Waals surface area contributed by atoms with Gasteiger partial charge in [-0.15, -0.1) is 0 Å². The molecular formula is C16H21NO4. The first kappa shape index (κ1) is 14.0. The summed E-state index contributed by atoms with van der Waals surface area (Å²) < 4.78 is 12.5. The average Bonchev–Trinajstić information content (AvgIpc) is 3.09. The monoisotopic (exact) mass is 291 g/mol. The van der Waals surface area contributed by atoms with E-state index < -0.39 is 5.97 Å². The maximum atomic E-state index is 11.6. The molecular weight excluding hydrogens is 270 g/mol. The van der Waals surface area contributed by atoms with Gasteiger partial charge < -0.3 is 19.1 Å². The number of carboxylic acid groups (broad SMARTS) is 1. The van der Waals surface area contributed by atoms with Crippen LogP contribution < -0.4 is 0 Å². The molecule has 5 nitrogen and oxygen atoms in total. The van der Waals surface area contributed by atoms with Gasteiger partial charge in [0.25, 0.3) is 0 Å². The van der Waals surface area contributed by atoms with Crippen molar-refractivity contribution in [1.82, 2.24) is 4.57 Å². The lowest BCUT2D eigenvalue weighted by molar-refractivity contribution is 0.0693. The van der Waals surface area contributed by atoms with Crippen molar-refractivity contribution >= 4 is 11.7 Å². The number of hydrogen-bond donors (Lipinski definition) is 1. The van der Waals surface area contributed by atoms with Crippen LogP contribution in [0.4, 0.5) is 0 Å². The number of aromatic nitrogens is 1. The molecule has 114 valence electrons. The Morgan fingerprint density at radius 1 is 1.38 bits per heavy atom. The normalized spacial score (nSPS) is 19.0. The molecule has 0 bridgehead atoms. The van der Waals surface area contributed by atoms with Crippen molar-refractivity contribution in [2.75, 3.05) is 6.79 Å². The molecule has 0 aromatic carbocycles. The summed E-state index contributed by atoms with van der Waals surface area (Å²) in [5, 5.41) is 9.49. The fourth-order valence-electron chi connectivity index (χ4n) is 3.33. The van der Waals surface area contributed by atoms with Crippen LogP contribution in [-0.2, 0) is 16.0 Å². The smallest absolute Gasteiger partial charge is 0.338 e. The maximum Gasteiger partial charge on any atom is 0.338 e. The first-order valence-corrected chi connectivity index (χ1v) is 7.55. The second kappa shape index (κ2) is 5.84. The third-order valence-corrected chi connectivity index (χ3v) is 4.48. The van der Waals surface area contributed by atoms with Crippen LogP contribution in [0.25, 0.3) is 5.76 Å². The molecule has 1 N–H and O–H groups in total. The topological polar surface area (TPSA) is 60.7 Å². The number of aromatic carboxylic acids is 1. The Kier molecular flexibility index (Phi) is 3.90. The molecule has 5 heteroatoms. The van der Waals surface area contributed by atoms with Crippen molar-refractivity contribution in [3.63, 3.8) is 0 Å². The Hall–Kier alpha value is -1.91.